The number of nitrogens with one attached hydrogen (secondary N) is 1. The summed E-state index contributed by atoms with van der Waals surface area (Å²) in [5.41, 5.74) is 2.73. The molecular weight excluding hydrogens is 456 g/mol. The molecule has 35 heavy (non-hydrogen) atoms. The van der Waals surface area contributed by atoms with Gasteiger partial charge in [0.05, 0.1) is 27.0 Å². The molecule has 0 spiro atoms. The van der Waals surface area contributed by atoms with E-state index in [-0.39, 0.29) is 23.8 Å². The summed E-state index contributed by atoms with van der Waals surface area (Å²) in [7, 11) is 0. The summed E-state index contributed by atoms with van der Waals surface area (Å²) in [6.07, 6.45) is 3.65. The summed E-state index contributed by atoms with van der Waals surface area (Å²) < 4.78 is 0. The molecule has 0 radical (unpaired) electrons. The summed E-state index contributed by atoms with van der Waals surface area (Å²) in [6.45, 7) is 5.13. The molecule has 178 valence electrons. The molecule has 0 unspecified atom stereocenters. The minimum Gasteiger partial charge on any atom is -0.350 e. The fourth-order valence-corrected chi connectivity index (χ4v) is 5.80. The van der Waals surface area contributed by atoms with Gasteiger partial charge in [-0.2, -0.15) is 0 Å². The topological polar surface area (TPSA) is 75.2 Å². The van der Waals surface area contributed by atoms with Gasteiger partial charge < -0.3 is 10.2 Å². The monoisotopic (exact) mass is 484 g/mol. The number of rotatable bonds is 5. The Hall–Kier alpha value is -3.58. The zero-order chi connectivity index (χ0) is 24.4. The Morgan fingerprint density at radius 3 is 2.71 bits per heavy atom. The van der Waals surface area contributed by atoms with E-state index in [1.165, 1.54) is 0 Å². The number of nitrogens with zero attached hydrogens (tertiary/aromatic N) is 3. The number of aromatic nitrogens is 2. The number of hydrogen-bond acceptors (Lipinski definition) is 5. The summed E-state index contributed by atoms with van der Waals surface area (Å²) in [5.74, 6) is 0.0262. The summed E-state index contributed by atoms with van der Waals surface area (Å²) in [5, 5.41) is 4.88. The van der Waals surface area contributed by atoms with Crippen LogP contribution in [0, 0.1) is 12.8 Å². The Balaban J connectivity index is 1.38. The predicted octanol–water partition coefficient (Wildman–Crippen LogP) is 5.34. The van der Waals surface area contributed by atoms with E-state index in [0.29, 0.717) is 29.9 Å². The maximum absolute atomic E-state index is 13.8. The SMILES string of the molecule is Cc1nc(C(=O)N2CCC[C@@H](C)[C@H]2CNC(=O)c2cccc3cccnc23)c(-c2ccccc2)s1. The maximum Gasteiger partial charge on any atom is 0.274 e. The minimum absolute atomic E-state index is 0.0640. The molecule has 2 aromatic carbocycles. The summed E-state index contributed by atoms with van der Waals surface area (Å²) in [6, 6.07) is 19.3. The molecule has 0 aliphatic carbocycles. The Kier molecular flexibility index (Phi) is 6.59. The average molecular weight is 485 g/mol. The van der Waals surface area contributed by atoms with Gasteiger partial charge in [0.1, 0.15) is 5.69 Å². The van der Waals surface area contributed by atoms with Crippen molar-refractivity contribution in [1.29, 1.82) is 0 Å². The number of piperidine rings is 1. The van der Waals surface area contributed by atoms with Gasteiger partial charge in [-0.1, -0.05) is 55.5 Å². The van der Waals surface area contributed by atoms with Crippen LogP contribution in [0.5, 0.6) is 0 Å². The highest BCUT2D eigenvalue weighted by Gasteiger charge is 2.35. The lowest BCUT2D eigenvalue weighted by atomic mass is 9.90. The van der Waals surface area contributed by atoms with Gasteiger partial charge in [0.25, 0.3) is 11.8 Å². The highest BCUT2D eigenvalue weighted by Crippen LogP contribution is 2.33. The van der Waals surface area contributed by atoms with Crippen molar-refractivity contribution in [2.75, 3.05) is 13.1 Å². The molecule has 0 bridgehead atoms. The third-order valence-corrected chi connectivity index (χ3v) is 7.72. The number of para-hydroxylation sites is 1. The van der Waals surface area contributed by atoms with Gasteiger partial charge >= 0.3 is 0 Å². The molecule has 7 heteroatoms. The fourth-order valence-electron chi connectivity index (χ4n) is 4.89. The van der Waals surface area contributed by atoms with E-state index >= 15 is 0 Å². The van der Waals surface area contributed by atoms with Crippen LogP contribution in [0.25, 0.3) is 21.3 Å². The number of amides is 2. The third kappa shape index (κ3) is 4.68. The van der Waals surface area contributed by atoms with E-state index in [9.17, 15) is 9.59 Å². The molecule has 2 atom stereocenters. The van der Waals surface area contributed by atoms with Crippen molar-refractivity contribution in [2.45, 2.75) is 32.7 Å². The van der Waals surface area contributed by atoms with Gasteiger partial charge in [0.2, 0.25) is 0 Å². The van der Waals surface area contributed by atoms with Crippen molar-refractivity contribution in [2.24, 2.45) is 5.92 Å². The zero-order valence-electron chi connectivity index (χ0n) is 19.9. The van der Waals surface area contributed by atoms with Crippen LogP contribution < -0.4 is 5.32 Å². The Morgan fingerprint density at radius 1 is 1.09 bits per heavy atom. The van der Waals surface area contributed by atoms with Crippen molar-refractivity contribution >= 4 is 34.1 Å². The van der Waals surface area contributed by atoms with E-state index in [1.807, 2.05) is 66.4 Å². The number of fused-ring (bicyclic) bond motifs is 1. The Labute approximate surface area is 209 Å². The van der Waals surface area contributed by atoms with Crippen LogP contribution in [0.4, 0.5) is 0 Å². The molecule has 2 amide bonds. The Bertz CT molecular complexity index is 1360. The van der Waals surface area contributed by atoms with E-state index in [2.05, 4.69) is 22.2 Å². The molecule has 1 aliphatic heterocycles. The molecule has 1 aliphatic rings. The number of pyridine rings is 1. The number of benzene rings is 2. The van der Waals surface area contributed by atoms with Gasteiger partial charge in [0, 0.05) is 24.7 Å². The van der Waals surface area contributed by atoms with Crippen LogP contribution in [-0.4, -0.2) is 45.8 Å². The summed E-state index contributed by atoms with van der Waals surface area (Å²) >= 11 is 1.54. The first kappa shape index (κ1) is 23.2. The quantitative estimate of drug-likeness (QED) is 0.415. The zero-order valence-corrected chi connectivity index (χ0v) is 20.7. The fraction of sp³-hybridized carbons (Fsp3) is 0.286. The van der Waals surface area contributed by atoms with Crippen molar-refractivity contribution < 1.29 is 9.59 Å². The normalized spacial score (nSPS) is 17.9. The van der Waals surface area contributed by atoms with Gasteiger partial charge in [-0.15, -0.1) is 11.3 Å². The lowest BCUT2D eigenvalue weighted by molar-refractivity contribution is 0.0503. The van der Waals surface area contributed by atoms with E-state index in [4.69, 9.17) is 0 Å². The van der Waals surface area contributed by atoms with Crippen LogP contribution in [0.15, 0.2) is 66.9 Å². The highest BCUT2D eigenvalue weighted by atomic mass is 32.1. The first-order valence-corrected chi connectivity index (χ1v) is 12.8. The number of likely N-dealkylation sites (tertiary alicyclic amines) is 1. The van der Waals surface area contributed by atoms with Gasteiger partial charge in [0.15, 0.2) is 0 Å². The number of hydrogen-bond donors (Lipinski definition) is 1. The van der Waals surface area contributed by atoms with Crippen molar-refractivity contribution in [3.63, 3.8) is 0 Å². The molecule has 1 saturated heterocycles. The van der Waals surface area contributed by atoms with E-state index < -0.39 is 0 Å². The molecule has 6 nitrogen and oxygen atoms in total. The third-order valence-electron chi connectivity index (χ3n) is 6.70. The molecule has 4 aromatic rings. The largest absolute Gasteiger partial charge is 0.350 e. The second-order valence-electron chi connectivity index (χ2n) is 9.05. The Morgan fingerprint density at radius 2 is 1.89 bits per heavy atom. The highest BCUT2D eigenvalue weighted by molar-refractivity contribution is 7.15. The molecule has 2 aromatic heterocycles. The van der Waals surface area contributed by atoms with Crippen LogP contribution in [0.3, 0.4) is 0 Å². The van der Waals surface area contributed by atoms with Gasteiger partial charge in [-0.05, 0) is 43.4 Å². The van der Waals surface area contributed by atoms with Gasteiger partial charge in [-0.25, -0.2) is 4.98 Å². The molecular formula is C28H28N4O2S. The smallest absolute Gasteiger partial charge is 0.274 e. The van der Waals surface area contributed by atoms with Crippen LogP contribution in [0.1, 0.15) is 45.6 Å². The van der Waals surface area contributed by atoms with E-state index in [0.717, 1.165) is 33.7 Å². The molecule has 0 saturated carbocycles. The lowest BCUT2D eigenvalue weighted by Gasteiger charge is -2.40. The molecule has 3 heterocycles. The van der Waals surface area contributed by atoms with Crippen LogP contribution in [-0.2, 0) is 0 Å². The van der Waals surface area contributed by atoms with Crippen molar-refractivity contribution in [1.82, 2.24) is 20.2 Å². The van der Waals surface area contributed by atoms with Crippen LogP contribution >= 0.6 is 11.3 Å². The molecule has 5 rings (SSSR count). The molecule has 1 fully saturated rings. The number of aryl methyl sites for hydroxylation is 1. The maximum atomic E-state index is 13.8. The molecule has 1 N–H and O–H groups in total. The second-order valence-corrected chi connectivity index (χ2v) is 10.3. The second kappa shape index (κ2) is 9.96. The van der Waals surface area contributed by atoms with Crippen molar-refractivity contribution in [3.8, 4) is 10.4 Å². The first-order valence-electron chi connectivity index (χ1n) is 12.0. The van der Waals surface area contributed by atoms with E-state index in [1.54, 1.807) is 23.6 Å². The predicted molar refractivity (Wildman–Crippen MR) is 140 cm³/mol. The summed E-state index contributed by atoms with van der Waals surface area (Å²) in [4.78, 5) is 38.8. The first-order chi connectivity index (χ1) is 17.0. The number of thiazole rings is 1. The number of carbonyl (C=O) groups is 2. The number of carbonyl (C=O) groups excluding carboxylic acids is 2. The van der Waals surface area contributed by atoms with Crippen LogP contribution in [0.2, 0.25) is 0 Å². The standard InChI is InChI=1S/C28H28N4O2S/c1-18-9-8-16-32(28(34)25-26(35-19(2)31-25)21-10-4-3-5-11-21)23(18)17-30-27(33)22-14-6-12-20-13-7-15-29-24(20)22/h3-7,10-15,18,23H,8-9,16-17H2,1-2H3,(H,30,33)/t18-,23-/m1/s1. The van der Waals surface area contributed by atoms with Crippen molar-refractivity contribution in [3.05, 3.63) is 83.1 Å². The lowest BCUT2D eigenvalue weighted by Crippen LogP contribution is -2.53. The van der Waals surface area contributed by atoms with Gasteiger partial charge in [-0.3, -0.25) is 14.6 Å². The average Bonchev–Trinajstić information content (AvgIpc) is 3.29. The minimum atomic E-state index is -0.172.